The number of hydrogen-bond acceptors (Lipinski definition) is 4. The number of ether oxygens (including phenoxy) is 1. The topological polar surface area (TPSA) is 60.2 Å². The zero-order valence-corrected chi connectivity index (χ0v) is 9.71. The highest BCUT2D eigenvalue weighted by Crippen LogP contribution is 2.13. The van der Waals surface area contributed by atoms with Gasteiger partial charge in [0, 0.05) is 26.8 Å². The van der Waals surface area contributed by atoms with E-state index in [1.165, 1.54) is 0 Å². The van der Waals surface area contributed by atoms with Crippen molar-refractivity contribution in [2.75, 3.05) is 7.11 Å². The van der Waals surface area contributed by atoms with E-state index in [4.69, 9.17) is 4.74 Å². The molecule has 2 atom stereocenters. The second kappa shape index (κ2) is 5.23. The molecule has 1 N–H and O–H groups in total. The van der Waals surface area contributed by atoms with Gasteiger partial charge in [-0.05, 0) is 5.92 Å². The summed E-state index contributed by atoms with van der Waals surface area (Å²) >= 11 is 0. The van der Waals surface area contributed by atoms with Crippen molar-refractivity contribution in [1.29, 1.82) is 0 Å². The monoisotopic (exact) mass is 213 g/mol. The van der Waals surface area contributed by atoms with Gasteiger partial charge in [-0.2, -0.15) is 0 Å². The Labute approximate surface area is 90.1 Å². The normalized spacial score (nSPS) is 15.6. The number of aromatic nitrogens is 3. The molecular weight excluding hydrogens is 194 g/mol. The standard InChI is InChI=1S/C10H19N3O2/c1-7(2)10(15-4)9(14)5-8-6-13(3)12-11-8/h6-7,9-10,14H,5H2,1-4H3. The number of nitrogens with zero attached hydrogens (tertiary/aromatic N) is 3. The average molecular weight is 213 g/mol. The molecule has 1 heterocycles. The molecule has 5 nitrogen and oxygen atoms in total. The average Bonchev–Trinajstić information content (AvgIpc) is 2.51. The Morgan fingerprint density at radius 3 is 2.60 bits per heavy atom. The Morgan fingerprint density at radius 1 is 1.53 bits per heavy atom. The summed E-state index contributed by atoms with van der Waals surface area (Å²) in [7, 11) is 3.42. The maximum absolute atomic E-state index is 9.94. The summed E-state index contributed by atoms with van der Waals surface area (Å²) < 4.78 is 6.87. The second-order valence-corrected chi connectivity index (χ2v) is 4.10. The fraction of sp³-hybridized carbons (Fsp3) is 0.800. The smallest absolute Gasteiger partial charge is 0.0860 e. The molecule has 0 bridgehead atoms. The number of aliphatic hydroxyl groups is 1. The first kappa shape index (κ1) is 12.1. The molecule has 2 unspecified atom stereocenters. The van der Waals surface area contributed by atoms with Crippen molar-refractivity contribution in [3.05, 3.63) is 11.9 Å². The van der Waals surface area contributed by atoms with Gasteiger partial charge < -0.3 is 9.84 Å². The third kappa shape index (κ3) is 3.28. The van der Waals surface area contributed by atoms with Gasteiger partial charge >= 0.3 is 0 Å². The summed E-state index contributed by atoms with van der Waals surface area (Å²) in [5, 5.41) is 17.7. The number of hydrogen-bond donors (Lipinski definition) is 1. The summed E-state index contributed by atoms with van der Waals surface area (Å²) in [6.45, 7) is 4.04. The number of rotatable bonds is 5. The lowest BCUT2D eigenvalue weighted by molar-refractivity contribution is -0.0371. The lowest BCUT2D eigenvalue weighted by atomic mass is 9.98. The first-order chi connectivity index (χ1) is 7.04. The van der Waals surface area contributed by atoms with Crippen LogP contribution in [0.25, 0.3) is 0 Å². The van der Waals surface area contributed by atoms with E-state index in [9.17, 15) is 5.11 Å². The first-order valence-corrected chi connectivity index (χ1v) is 5.10. The van der Waals surface area contributed by atoms with Crippen molar-refractivity contribution in [2.45, 2.75) is 32.5 Å². The summed E-state index contributed by atoms with van der Waals surface area (Å²) in [6.07, 6.45) is 1.58. The van der Waals surface area contributed by atoms with E-state index < -0.39 is 6.10 Å². The van der Waals surface area contributed by atoms with Gasteiger partial charge in [0.05, 0.1) is 17.9 Å². The van der Waals surface area contributed by atoms with Crippen LogP contribution in [0, 0.1) is 5.92 Å². The zero-order valence-electron chi connectivity index (χ0n) is 9.71. The first-order valence-electron chi connectivity index (χ1n) is 5.10. The van der Waals surface area contributed by atoms with Crippen LogP contribution in [-0.4, -0.2) is 39.4 Å². The minimum Gasteiger partial charge on any atom is -0.390 e. The van der Waals surface area contributed by atoms with Gasteiger partial charge in [-0.15, -0.1) is 5.10 Å². The Bertz CT molecular complexity index is 299. The van der Waals surface area contributed by atoms with Crippen LogP contribution in [0.15, 0.2) is 6.20 Å². The van der Waals surface area contributed by atoms with E-state index in [0.29, 0.717) is 6.42 Å². The SMILES string of the molecule is COC(C(C)C)C(O)Cc1cn(C)nn1. The Morgan fingerprint density at radius 2 is 2.20 bits per heavy atom. The molecule has 0 aliphatic carbocycles. The lowest BCUT2D eigenvalue weighted by Gasteiger charge is -2.24. The molecule has 0 amide bonds. The minimum absolute atomic E-state index is 0.160. The lowest BCUT2D eigenvalue weighted by Crippen LogP contribution is -2.34. The van der Waals surface area contributed by atoms with Crippen molar-refractivity contribution in [2.24, 2.45) is 13.0 Å². The molecule has 0 spiro atoms. The zero-order chi connectivity index (χ0) is 11.4. The van der Waals surface area contributed by atoms with Crippen molar-refractivity contribution < 1.29 is 9.84 Å². The van der Waals surface area contributed by atoms with Crippen molar-refractivity contribution in [1.82, 2.24) is 15.0 Å². The fourth-order valence-corrected chi connectivity index (χ4v) is 1.69. The number of aryl methyl sites for hydroxylation is 1. The Hall–Kier alpha value is -0.940. The van der Waals surface area contributed by atoms with Crippen LogP contribution in [0.2, 0.25) is 0 Å². The number of methoxy groups -OCH3 is 1. The van der Waals surface area contributed by atoms with E-state index in [-0.39, 0.29) is 12.0 Å². The third-order valence-corrected chi connectivity index (χ3v) is 2.38. The van der Waals surface area contributed by atoms with Crippen LogP contribution in [-0.2, 0) is 18.2 Å². The van der Waals surface area contributed by atoms with Crippen molar-refractivity contribution in [3.8, 4) is 0 Å². The maximum atomic E-state index is 9.94. The highest BCUT2D eigenvalue weighted by atomic mass is 16.5. The van der Waals surface area contributed by atoms with Gasteiger partial charge in [-0.3, -0.25) is 4.68 Å². The summed E-state index contributed by atoms with van der Waals surface area (Å²) in [6, 6.07) is 0. The molecule has 0 fully saturated rings. The molecule has 5 heteroatoms. The molecule has 1 aromatic rings. The van der Waals surface area contributed by atoms with Crippen LogP contribution >= 0.6 is 0 Å². The maximum Gasteiger partial charge on any atom is 0.0860 e. The third-order valence-electron chi connectivity index (χ3n) is 2.38. The summed E-state index contributed by atoms with van der Waals surface area (Å²) in [5.41, 5.74) is 0.785. The molecule has 0 saturated carbocycles. The van der Waals surface area contributed by atoms with Crippen LogP contribution in [0.3, 0.4) is 0 Å². The van der Waals surface area contributed by atoms with E-state index in [1.54, 1.807) is 25.0 Å². The van der Waals surface area contributed by atoms with Crippen molar-refractivity contribution in [3.63, 3.8) is 0 Å². The van der Waals surface area contributed by atoms with Crippen LogP contribution in [0.1, 0.15) is 19.5 Å². The molecule has 0 saturated heterocycles. The predicted octanol–water partition coefficient (Wildman–Crippen LogP) is 0.390. The predicted molar refractivity (Wildman–Crippen MR) is 56.3 cm³/mol. The van der Waals surface area contributed by atoms with Gasteiger partial charge in [0.1, 0.15) is 0 Å². The molecule has 0 aliphatic heterocycles. The Kier molecular flexibility index (Phi) is 4.23. The highest BCUT2D eigenvalue weighted by Gasteiger charge is 2.23. The van der Waals surface area contributed by atoms with Gasteiger partial charge in [-0.25, -0.2) is 0 Å². The van der Waals surface area contributed by atoms with Crippen LogP contribution < -0.4 is 0 Å². The molecular formula is C10H19N3O2. The van der Waals surface area contributed by atoms with Crippen LogP contribution in [0.5, 0.6) is 0 Å². The van der Waals surface area contributed by atoms with E-state index >= 15 is 0 Å². The minimum atomic E-state index is -0.535. The van der Waals surface area contributed by atoms with E-state index in [1.807, 2.05) is 13.8 Å². The van der Waals surface area contributed by atoms with Gasteiger partial charge in [-0.1, -0.05) is 19.1 Å². The molecule has 86 valence electrons. The number of aliphatic hydroxyl groups excluding tert-OH is 1. The van der Waals surface area contributed by atoms with E-state index in [2.05, 4.69) is 10.3 Å². The van der Waals surface area contributed by atoms with Gasteiger partial charge in [0.25, 0.3) is 0 Å². The largest absolute Gasteiger partial charge is 0.390 e. The molecule has 1 rings (SSSR count). The molecule has 15 heavy (non-hydrogen) atoms. The Balaban J connectivity index is 2.57. The summed E-state index contributed by atoms with van der Waals surface area (Å²) in [5.74, 6) is 0.279. The molecule has 0 aromatic carbocycles. The molecule has 1 aromatic heterocycles. The van der Waals surface area contributed by atoms with Gasteiger partial charge in [0.15, 0.2) is 0 Å². The fourth-order valence-electron chi connectivity index (χ4n) is 1.69. The second-order valence-electron chi connectivity index (χ2n) is 4.10. The van der Waals surface area contributed by atoms with E-state index in [0.717, 1.165) is 5.69 Å². The highest BCUT2D eigenvalue weighted by molar-refractivity contribution is 4.95. The quantitative estimate of drug-likeness (QED) is 0.768. The van der Waals surface area contributed by atoms with Crippen molar-refractivity contribution >= 4 is 0 Å². The molecule has 0 aliphatic rings. The van der Waals surface area contributed by atoms with Gasteiger partial charge in [0.2, 0.25) is 0 Å². The molecule has 0 radical (unpaired) electrons. The van der Waals surface area contributed by atoms with Crippen LogP contribution in [0.4, 0.5) is 0 Å². The summed E-state index contributed by atoms with van der Waals surface area (Å²) in [4.78, 5) is 0.